The van der Waals surface area contributed by atoms with Crippen molar-refractivity contribution < 1.29 is 13.2 Å². The van der Waals surface area contributed by atoms with Crippen LogP contribution < -0.4 is 5.32 Å². The molecule has 0 aliphatic carbocycles. The summed E-state index contributed by atoms with van der Waals surface area (Å²) in [6.45, 7) is 0.653. The fourth-order valence-electron chi connectivity index (χ4n) is 3.62. The Labute approximate surface area is 190 Å². The number of nitrogens with zero attached hydrogens (tertiary/aromatic N) is 2. The number of benzene rings is 2. The van der Waals surface area contributed by atoms with Crippen molar-refractivity contribution in [3.8, 4) is 0 Å². The molecular weight excluding hydrogens is 454 g/mol. The van der Waals surface area contributed by atoms with Gasteiger partial charge in [-0.1, -0.05) is 54.1 Å². The first-order chi connectivity index (χ1) is 14.9. The fourth-order valence-corrected chi connectivity index (χ4v) is 5.91. The van der Waals surface area contributed by atoms with Gasteiger partial charge in [-0.05, 0) is 23.3 Å². The summed E-state index contributed by atoms with van der Waals surface area (Å²) in [6, 6.07) is 16.5. The van der Waals surface area contributed by atoms with Crippen molar-refractivity contribution in [3.05, 3.63) is 81.8 Å². The van der Waals surface area contributed by atoms with Gasteiger partial charge < -0.3 is 5.32 Å². The van der Waals surface area contributed by atoms with E-state index in [1.165, 1.54) is 11.3 Å². The molecule has 0 saturated carbocycles. The van der Waals surface area contributed by atoms with E-state index in [9.17, 15) is 13.2 Å². The number of rotatable bonds is 6. The van der Waals surface area contributed by atoms with Crippen molar-refractivity contribution in [1.82, 2.24) is 9.88 Å². The van der Waals surface area contributed by atoms with Crippen LogP contribution in [0.2, 0.25) is 5.02 Å². The van der Waals surface area contributed by atoms with Crippen LogP contribution in [0, 0.1) is 0 Å². The molecule has 1 amide bonds. The Kier molecular flexibility index (Phi) is 6.71. The number of thiazole rings is 1. The van der Waals surface area contributed by atoms with Crippen LogP contribution in [0.25, 0.3) is 0 Å². The monoisotopic (exact) mass is 475 g/mol. The molecule has 0 radical (unpaired) electrons. The van der Waals surface area contributed by atoms with Crippen molar-refractivity contribution in [2.75, 3.05) is 29.9 Å². The molecule has 9 heteroatoms. The molecule has 0 bridgehead atoms. The summed E-state index contributed by atoms with van der Waals surface area (Å²) in [4.78, 5) is 20.5. The van der Waals surface area contributed by atoms with Crippen LogP contribution in [-0.2, 0) is 21.1 Å². The Morgan fingerprint density at radius 2 is 1.87 bits per heavy atom. The van der Waals surface area contributed by atoms with Gasteiger partial charge in [-0.25, -0.2) is 13.4 Å². The molecule has 1 aliphatic rings. The molecule has 162 valence electrons. The maximum Gasteiger partial charge on any atom is 0.248 e. The van der Waals surface area contributed by atoms with E-state index in [4.69, 9.17) is 11.6 Å². The van der Waals surface area contributed by atoms with E-state index in [1.807, 2.05) is 59.5 Å². The predicted molar refractivity (Wildman–Crippen MR) is 124 cm³/mol. The standard InChI is InChI=1S/C22H22ClN3O3S2/c23-18-8-4-5-16(13-18)14-19-15-24-22(30-19)25-21(27)20(17-6-2-1-3-7-17)26-9-11-31(28,29)12-10-26/h1-8,13,15,20H,9-12,14H2,(H,24,25,27). The molecule has 6 nitrogen and oxygen atoms in total. The lowest BCUT2D eigenvalue weighted by Crippen LogP contribution is -2.46. The average Bonchev–Trinajstić information content (AvgIpc) is 3.17. The van der Waals surface area contributed by atoms with Crippen LogP contribution >= 0.6 is 22.9 Å². The third kappa shape index (κ3) is 5.71. The molecular formula is C22H22ClN3O3S2. The zero-order chi connectivity index (χ0) is 21.8. The number of nitrogens with one attached hydrogen (secondary N) is 1. The van der Waals surface area contributed by atoms with Crippen LogP contribution in [0.15, 0.2) is 60.8 Å². The van der Waals surface area contributed by atoms with Crippen molar-refractivity contribution in [2.45, 2.75) is 12.5 Å². The predicted octanol–water partition coefficient (Wildman–Crippen LogP) is 3.80. The first kappa shape index (κ1) is 22.0. The summed E-state index contributed by atoms with van der Waals surface area (Å²) >= 11 is 7.48. The van der Waals surface area contributed by atoms with Crippen molar-refractivity contribution >= 4 is 43.8 Å². The molecule has 1 unspecified atom stereocenters. The van der Waals surface area contributed by atoms with Gasteiger partial charge in [0.15, 0.2) is 15.0 Å². The van der Waals surface area contributed by atoms with Crippen LogP contribution in [0.1, 0.15) is 22.0 Å². The van der Waals surface area contributed by atoms with Gasteiger partial charge in [-0.15, -0.1) is 11.3 Å². The Morgan fingerprint density at radius 3 is 2.58 bits per heavy atom. The van der Waals surface area contributed by atoms with Gasteiger partial charge in [0, 0.05) is 35.6 Å². The Balaban J connectivity index is 1.49. The average molecular weight is 476 g/mol. The minimum absolute atomic E-state index is 0.0602. The Bertz CT molecular complexity index is 1150. The number of aromatic nitrogens is 1. The van der Waals surface area contributed by atoms with Crippen molar-refractivity contribution in [2.24, 2.45) is 0 Å². The molecule has 31 heavy (non-hydrogen) atoms. The highest BCUT2D eigenvalue weighted by Crippen LogP contribution is 2.27. The number of halogens is 1. The van der Waals surface area contributed by atoms with Crippen LogP contribution in [0.5, 0.6) is 0 Å². The third-order valence-electron chi connectivity index (χ3n) is 5.16. The largest absolute Gasteiger partial charge is 0.300 e. The zero-order valence-corrected chi connectivity index (χ0v) is 19.1. The summed E-state index contributed by atoms with van der Waals surface area (Å²) < 4.78 is 23.7. The summed E-state index contributed by atoms with van der Waals surface area (Å²) in [5, 5.41) is 4.13. The quantitative estimate of drug-likeness (QED) is 0.586. The van der Waals surface area contributed by atoms with E-state index in [0.717, 1.165) is 16.0 Å². The lowest BCUT2D eigenvalue weighted by Gasteiger charge is -2.33. The summed E-state index contributed by atoms with van der Waals surface area (Å²) in [5.41, 5.74) is 1.90. The normalized spacial score (nSPS) is 17.2. The maximum atomic E-state index is 13.2. The number of amides is 1. The second-order valence-corrected chi connectivity index (χ2v) is 11.3. The van der Waals surface area contributed by atoms with Gasteiger partial charge >= 0.3 is 0 Å². The molecule has 2 aromatic carbocycles. The first-order valence-electron chi connectivity index (χ1n) is 9.89. The van der Waals surface area contributed by atoms with Gasteiger partial charge in [0.1, 0.15) is 6.04 Å². The smallest absolute Gasteiger partial charge is 0.248 e. The van der Waals surface area contributed by atoms with Gasteiger partial charge in [-0.2, -0.15) is 0 Å². The highest BCUT2D eigenvalue weighted by molar-refractivity contribution is 7.91. The molecule has 1 fully saturated rings. The van der Waals surface area contributed by atoms with Gasteiger partial charge in [0.05, 0.1) is 11.5 Å². The highest BCUT2D eigenvalue weighted by Gasteiger charge is 2.32. The van der Waals surface area contributed by atoms with Gasteiger partial charge in [0.2, 0.25) is 5.91 Å². The maximum absolute atomic E-state index is 13.2. The van der Waals surface area contributed by atoms with Crippen molar-refractivity contribution in [3.63, 3.8) is 0 Å². The molecule has 1 N–H and O–H groups in total. The Morgan fingerprint density at radius 1 is 1.13 bits per heavy atom. The van der Waals surface area contributed by atoms with E-state index in [2.05, 4.69) is 10.3 Å². The molecule has 4 rings (SSSR count). The number of anilines is 1. The van der Waals surface area contributed by atoms with Crippen LogP contribution in [-0.4, -0.2) is 48.8 Å². The minimum Gasteiger partial charge on any atom is -0.300 e. The summed E-state index contributed by atoms with van der Waals surface area (Å²) in [7, 11) is -3.04. The molecule has 1 atom stereocenters. The second-order valence-electron chi connectivity index (χ2n) is 7.43. The lowest BCUT2D eigenvalue weighted by atomic mass is 10.0. The van der Waals surface area contributed by atoms with E-state index in [-0.39, 0.29) is 17.4 Å². The van der Waals surface area contributed by atoms with E-state index in [1.54, 1.807) is 6.20 Å². The number of hydrogen-bond acceptors (Lipinski definition) is 6. The van der Waals surface area contributed by atoms with Crippen LogP contribution in [0.3, 0.4) is 0 Å². The number of carbonyl (C=O) groups is 1. The molecule has 1 aliphatic heterocycles. The molecule has 0 spiro atoms. The van der Waals surface area contributed by atoms with Crippen LogP contribution in [0.4, 0.5) is 5.13 Å². The summed E-state index contributed by atoms with van der Waals surface area (Å²) in [5.74, 6) is -0.0934. The highest BCUT2D eigenvalue weighted by atomic mass is 35.5. The number of sulfone groups is 1. The number of carbonyl (C=O) groups excluding carboxylic acids is 1. The van der Waals surface area contributed by atoms with Gasteiger partial charge in [-0.3, -0.25) is 9.69 Å². The molecule has 3 aromatic rings. The molecule has 2 heterocycles. The van der Waals surface area contributed by atoms with E-state index < -0.39 is 15.9 Å². The third-order valence-corrected chi connectivity index (χ3v) is 7.92. The number of hydrogen-bond donors (Lipinski definition) is 1. The second kappa shape index (κ2) is 9.48. The fraction of sp³-hybridized carbons (Fsp3) is 0.273. The minimum atomic E-state index is -3.04. The van der Waals surface area contributed by atoms with E-state index in [0.29, 0.717) is 29.7 Å². The zero-order valence-electron chi connectivity index (χ0n) is 16.7. The molecule has 1 saturated heterocycles. The Hall–Kier alpha value is -2.26. The summed E-state index contributed by atoms with van der Waals surface area (Å²) in [6.07, 6.45) is 2.44. The topological polar surface area (TPSA) is 79.4 Å². The SMILES string of the molecule is O=C(Nc1ncc(Cc2cccc(Cl)c2)s1)C(c1ccccc1)N1CCS(=O)(=O)CC1. The van der Waals surface area contributed by atoms with Crippen molar-refractivity contribution in [1.29, 1.82) is 0 Å². The first-order valence-corrected chi connectivity index (χ1v) is 12.9. The molecule has 1 aromatic heterocycles. The van der Waals surface area contributed by atoms with Gasteiger partial charge in [0.25, 0.3) is 0 Å². The van der Waals surface area contributed by atoms with E-state index >= 15 is 0 Å². The lowest BCUT2D eigenvalue weighted by molar-refractivity contribution is -0.121.